The average molecular weight is 222 g/mol. The van der Waals surface area contributed by atoms with Crippen LogP contribution in [0, 0.1) is 12.8 Å². The maximum absolute atomic E-state index is 11.0. The first-order valence-electron chi connectivity index (χ1n) is 5.51. The minimum Gasteiger partial charge on any atom is -0.492 e. The van der Waals surface area contributed by atoms with Gasteiger partial charge in [0.1, 0.15) is 11.3 Å². The number of aromatic carboxylic acids is 1. The fourth-order valence-corrected chi connectivity index (χ4v) is 1.28. The second kappa shape index (κ2) is 5.54. The zero-order chi connectivity index (χ0) is 12.1. The van der Waals surface area contributed by atoms with Gasteiger partial charge in [0, 0.05) is 0 Å². The van der Waals surface area contributed by atoms with Crippen LogP contribution in [0.3, 0.4) is 0 Å². The summed E-state index contributed by atoms with van der Waals surface area (Å²) in [6.45, 7) is 6.64. The number of hydrogen-bond acceptors (Lipinski definition) is 2. The molecule has 1 aromatic carbocycles. The molecule has 16 heavy (non-hydrogen) atoms. The van der Waals surface area contributed by atoms with Crippen LogP contribution in [0.4, 0.5) is 0 Å². The van der Waals surface area contributed by atoms with Crippen LogP contribution in [0.2, 0.25) is 0 Å². The minimum atomic E-state index is -0.945. The first-order chi connectivity index (χ1) is 7.54. The molecule has 1 atom stereocenters. The van der Waals surface area contributed by atoms with E-state index < -0.39 is 5.97 Å². The molecule has 0 aromatic heterocycles. The molecule has 1 unspecified atom stereocenters. The monoisotopic (exact) mass is 222 g/mol. The van der Waals surface area contributed by atoms with Crippen LogP contribution >= 0.6 is 0 Å². The summed E-state index contributed by atoms with van der Waals surface area (Å²) in [5.41, 5.74) is 1.23. The molecule has 3 heteroatoms. The van der Waals surface area contributed by atoms with Crippen LogP contribution in [0.15, 0.2) is 18.2 Å². The Morgan fingerprint density at radius 3 is 2.75 bits per heavy atom. The largest absolute Gasteiger partial charge is 0.492 e. The lowest BCUT2D eigenvalue weighted by Gasteiger charge is -2.13. The Hall–Kier alpha value is -1.51. The van der Waals surface area contributed by atoms with Gasteiger partial charge in [-0.1, -0.05) is 26.3 Å². The first kappa shape index (κ1) is 12.6. The quantitative estimate of drug-likeness (QED) is 0.832. The Labute approximate surface area is 96.1 Å². The molecular formula is C13H18O3. The van der Waals surface area contributed by atoms with Gasteiger partial charge in [-0.25, -0.2) is 4.79 Å². The summed E-state index contributed by atoms with van der Waals surface area (Å²) in [5, 5.41) is 9.00. The molecule has 1 N–H and O–H groups in total. The van der Waals surface area contributed by atoms with Gasteiger partial charge in [0.25, 0.3) is 0 Å². The lowest BCUT2D eigenvalue weighted by molar-refractivity contribution is 0.0691. The van der Waals surface area contributed by atoms with Crippen molar-refractivity contribution in [2.24, 2.45) is 5.92 Å². The van der Waals surface area contributed by atoms with Crippen molar-refractivity contribution in [1.29, 1.82) is 0 Å². The van der Waals surface area contributed by atoms with Crippen molar-refractivity contribution >= 4 is 5.97 Å². The second-order valence-corrected chi connectivity index (χ2v) is 4.13. The summed E-state index contributed by atoms with van der Waals surface area (Å²) in [6, 6.07) is 5.13. The molecule has 0 aliphatic carbocycles. The molecule has 0 saturated heterocycles. The normalized spacial score (nSPS) is 12.2. The molecule has 0 amide bonds. The van der Waals surface area contributed by atoms with Crippen molar-refractivity contribution in [3.63, 3.8) is 0 Å². The molecule has 0 spiro atoms. The lowest BCUT2D eigenvalue weighted by atomic mass is 10.1. The van der Waals surface area contributed by atoms with Crippen molar-refractivity contribution < 1.29 is 14.6 Å². The highest BCUT2D eigenvalue weighted by Gasteiger charge is 2.12. The Morgan fingerprint density at radius 2 is 2.19 bits per heavy atom. The number of carbonyl (C=O) groups is 1. The summed E-state index contributed by atoms with van der Waals surface area (Å²) in [5.74, 6) is -0.0471. The van der Waals surface area contributed by atoms with Crippen LogP contribution in [0.25, 0.3) is 0 Å². The van der Waals surface area contributed by atoms with E-state index in [-0.39, 0.29) is 5.56 Å². The molecule has 1 rings (SSSR count). The van der Waals surface area contributed by atoms with Crippen LogP contribution in [0.5, 0.6) is 5.75 Å². The third-order valence-corrected chi connectivity index (χ3v) is 2.59. The maximum atomic E-state index is 11.0. The van der Waals surface area contributed by atoms with Gasteiger partial charge in [0.15, 0.2) is 0 Å². The highest BCUT2D eigenvalue weighted by Crippen LogP contribution is 2.21. The van der Waals surface area contributed by atoms with E-state index in [0.717, 1.165) is 12.0 Å². The van der Waals surface area contributed by atoms with E-state index >= 15 is 0 Å². The van der Waals surface area contributed by atoms with E-state index in [2.05, 4.69) is 13.8 Å². The number of ether oxygens (including phenoxy) is 1. The fraction of sp³-hybridized carbons (Fsp3) is 0.462. The van der Waals surface area contributed by atoms with Gasteiger partial charge >= 0.3 is 5.97 Å². The number of aryl methyl sites for hydroxylation is 1. The summed E-state index contributed by atoms with van der Waals surface area (Å²) >= 11 is 0. The average Bonchev–Trinajstić information content (AvgIpc) is 2.25. The van der Waals surface area contributed by atoms with Crippen LogP contribution in [0.1, 0.15) is 36.2 Å². The molecule has 88 valence electrons. The van der Waals surface area contributed by atoms with Crippen LogP contribution in [-0.4, -0.2) is 17.7 Å². The van der Waals surface area contributed by atoms with E-state index in [1.807, 2.05) is 6.92 Å². The molecule has 0 heterocycles. The van der Waals surface area contributed by atoms with E-state index in [1.54, 1.807) is 18.2 Å². The Balaban J connectivity index is 2.84. The topological polar surface area (TPSA) is 46.5 Å². The molecule has 3 nitrogen and oxygen atoms in total. The number of hydrogen-bond donors (Lipinski definition) is 1. The van der Waals surface area contributed by atoms with Crippen molar-refractivity contribution in [1.82, 2.24) is 0 Å². The van der Waals surface area contributed by atoms with Gasteiger partial charge in [-0.2, -0.15) is 0 Å². The van der Waals surface area contributed by atoms with Crippen molar-refractivity contribution in [2.75, 3.05) is 6.61 Å². The summed E-state index contributed by atoms with van der Waals surface area (Å²) in [7, 11) is 0. The van der Waals surface area contributed by atoms with Crippen molar-refractivity contribution in [3.8, 4) is 5.75 Å². The molecule has 0 radical (unpaired) electrons. The summed E-state index contributed by atoms with van der Waals surface area (Å²) < 4.78 is 5.55. The molecule has 0 aliphatic heterocycles. The Kier molecular flexibility index (Phi) is 4.35. The lowest BCUT2D eigenvalue weighted by Crippen LogP contribution is -2.10. The minimum absolute atomic E-state index is 0.230. The first-order valence-corrected chi connectivity index (χ1v) is 5.51. The standard InChI is InChI=1S/C13H18O3/c1-4-9(2)8-16-12-7-10(3)5-6-11(12)13(14)15/h5-7,9H,4,8H2,1-3H3,(H,14,15). The molecule has 0 bridgehead atoms. The third-order valence-electron chi connectivity index (χ3n) is 2.59. The molecular weight excluding hydrogens is 204 g/mol. The Morgan fingerprint density at radius 1 is 1.50 bits per heavy atom. The van der Waals surface area contributed by atoms with Gasteiger partial charge in [-0.3, -0.25) is 0 Å². The predicted molar refractivity (Wildman–Crippen MR) is 63.1 cm³/mol. The van der Waals surface area contributed by atoms with Crippen LogP contribution in [-0.2, 0) is 0 Å². The summed E-state index contributed by atoms with van der Waals surface area (Å²) in [6.07, 6.45) is 1.02. The van der Waals surface area contributed by atoms with E-state index in [9.17, 15) is 4.79 Å². The smallest absolute Gasteiger partial charge is 0.339 e. The fourth-order valence-electron chi connectivity index (χ4n) is 1.28. The maximum Gasteiger partial charge on any atom is 0.339 e. The van der Waals surface area contributed by atoms with Gasteiger partial charge in [0.2, 0.25) is 0 Å². The van der Waals surface area contributed by atoms with Crippen LogP contribution < -0.4 is 4.74 Å². The molecule has 0 fully saturated rings. The van der Waals surface area contributed by atoms with E-state index in [1.165, 1.54) is 0 Å². The number of carboxylic acids is 1. The van der Waals surface area contributed by atoms with Gasteiger partial charge < -0.3 is 9.84 Å². The third kappa shape index (κ3) is 3.26. The van der Waals surface area contributed by atoms with Gasteiger partial charge in [-0.05, 0) is 30.5 Å². The highest BCUT2D eigenvalue weighted by atomic mass is 16.5. The number of rotatable bonds is 5. The van der Waals surface area contributed by atoms with E-state index in [4.69, 9.17) is 9.84 Å². The SMILES string of the molecule is CCC(C)COc1cc(C)ccc1C(=O)O. The van der Waals surface area contributed by atoms with Crippen molar-refractivity contribution in [2.45, 2.75) is 27.2 Å². The molecule has 0 aliphatic rings. The van der Waals surface area contributed by atoms with Gasteiger partial charge in [0.05, 0.1) is 6.61 Å². The Bertz CT molecular complexity index is 371. The van der Waals surface area contributed by atoms with Crippen molar-refractivity contribution in [3.05, 3.63) is 29.3 Å². The molecule has 0 saturated carbocycles. The van der Waals surface area contributed by atoms with Gasteiger partial charge in [-0.15, -0.1) is 0 Å². The highest BCUT2D eigenvalue weighted by molar-refractivity contribution is 5.90. The zero-order valence-electron chi connectivity index (χ0n) is 9.99. The van der Waals surface area contributed by atoms with E-state index in [0.29, 0.717) is 18.3 Å². The number of benzene rings is 1. The number of carboxylic acid groups (broad SMARTS) is 1. The second-order valence-electron chi connectivity index (χ2n) is 4.13. The predicted octanol–water partition coefficient (Wildman–Crippen LogP) is 3.12. The molecule has 1 aromatic rings. The summed E-state index contributed by atoms with van der Waals surface area (Å²) in [4.78, 5) is 11.0. The zero-order valence-corrected chi connectivity index (χ0v) is 9.99.